The Bertz CT molecular complexity index is 583. The van der Waals surface area contributed by atoms with Crippen molar-refractivity contribution in [2.75, 3.05) is 0 Å². The highest BCUT2D eigenvalue weighted by atomic mass is 79.9. The van der Waals surface area contributed by atoms with Gasteiger partial charge in [-0.1, -0.05) is 46.3 Å². The van der Waals surface area contributed by atoms with Gasteiger partial charge in [0.05, 0.1) is 6.04 Å². The summed E-state index contributed by atoms with van der Waals surface area (Å²) in [7, 11) is 0. The van der Waals surface area contributed by atoms with Gasteiger partial charge in [0.2, 0.25) is 0 Å². The van der Waals surface area contributed by atoms with Gasteiger partial charge in [0.15, 0.2) is 6.10 Å². The van der Waals surface area contributed by atoms with Crippen molar-refractivity contribution in [1.29, 1.82) is 0 Å². The van der Waals surface area contributed by atoms with Crippen LogP contribution < -0.4 is 10.1 Å². The van der Waals surface area contributed by atoms with Crippen LogP contribution in [0.5, 0.6) is 5.75 Å². The topological polar surface area (TPSA) is 38.3 Å². The maximum atomic E-state index is 12.2. The molecule has 0 bridgehead atoms. The molecule has 0 aliphatic heterocycles. The fourth-order valence-electron chi connectivity index (χ4n) is 1.93. The average molecular weight is 348 g/mol. The molecule has 1 N–H and O–H groups in total. The molecule has 3 nitrogen and oxygen atoms in total. The number of nitrogens with one attached hydrogen (secondary N) is 1. The van der Waals surface area contributed by atoms with Crippen LogP contribution in [-0.4, -0.2) is 12.0 Å². The Morgan fingerprint density at radius 2 is 1.67 bits per heavy atom. The van der Waals surface area contributed by atoms with E-state index < -0.39 is 6.10 Å². The predicted molar refractivity (Wildman–Crippen MR) is 87.2 cm³/mol. The summed E-state index contributed by atoms with van der Waals surface area (Å²) >= 11 is 3.36. The summed E-state index contributed by atoms with van der Waals surface area (Å²) in [5.41, 5.74) is 1.07. The van der Waals surface area contributed by atoms with Gasteiger partial charge in [-0.25, -0.2) is 0 Å². The van der Waals surface area contributed by atoms with Gasteiger partial charge in [-0.15, -0.1) is 0 Å². The van der Waals surface area contributed by atoms with Crippen LogP contribution in [0.15, 0.2) is 59.1 Å². The highest BCUT2D eigenvalue weighted by Gasteiger charge is 2.17. The molecule has 0 aromatic heterocycles. The summed E-state index contributed by atoms with van der Waals surface area (Å²) < 4.78 is 6.61. The van der Waals surface area contributed by atoms with Crippen LogP contribution in [0.1, 0.15) is 25.5 Å². The molecule has 0 aliphatic carbocycles. The molecule has 0 radical (unpaired) electrons. The van der Waals surface area contributed by atoms with E-state index in [1.807, 2.05) is 61.5 Å². The minimum atomic E-state index is -0.544. The van der Waals surface area contributed by atoms with E-state index in [0.29, 0.717) is 5.75 Å². The van der Waals surface area contributed by atoms with Crippen molar-refractivity contribution >= 4 is 21.8 Å². The zero-order valence-corrected chi connectivity index (χ0v) is 13.6. The standard InChI is InChI=1S/C17H18BrNO2/c1-12(14-6-4-3-5-7-14)19-17(20)13(2)21-16-10-8-15(18)9-11-16/h3-13H,1-2H3,(H,19,20)/t12-,13?/m0/s1. The third-order valence-electron chi connectivity index (χ3n) is 3.15. The van der Waals surface area contributed by atoms with Crippen LogP contribution in [0.25, 0.3) is 0 Å². The molecule has 1 unspecified atom stereocenters. The first-order chi connectivity index (χ1) is 10.1. The fourth-order valence-corrected chi connectivity index (χ4v) is 2.19. The van der Waals surface area contributed by atoms with Gasteiger partial charge < -0.3 is 10.1 Å². The van der Waals surface area contributed by atoms with Gasteiger partial charge in [-0.2, -0.15) is 0 Å². The maximum Gasteiger partial charge on any atom is 0.261 e. The van der Waals surface area contributed by atoms with E-state index in [9.17, 15) is 4.79 Å². The molecule has 0 heterocycles. The van der Waals surface area contributed by atoms with Crippen molar-refractivity contribution in [2.45, 2.75) is 26.0 Å². The number of hydrogen-bond donors (Lipinski definition) is 1. The molecular weight excluding hydrogens is 330 g/mol. The van der Waals surface area contributed by atoms with E-state index in [0.717, 1.165) is 10.0 Å². The first-order valence-corrected chi connectivity index (χ1v) is 7.63. The van der Waals surface area contributed by atoms with Crippen LogP contribution in [0.3, 0.4) is 0 Å². The zero-order chi connectivity index (χ0) is 15.2. The third kappa shape index (κ3) is 4.60. The van der Waals surface area contributed by atoms with Gasteiger partial charge >= 0.3 is 0 Å². The SMILES string of the molecule is CC(Oc1ccc(Br)cc1)C(=O)N[C@@H](C)c1ccccc1. The number of rotatable bonds is 5. The van der Waals surface area contributed by atoms with Gasteiger partial charge in [-0.3, -0.25) is 4.79 Å². The van der Waals surface area contributed by atoms with Gasteiger partial charge in [0, 0.05) is 4.47 Å². The fraction of sp³-hybridized carbons (Fsp3) is 0.235. The Morgan fingerprint density at radius 3 is 2.29 bits per heavy atom. The van der Waals surface area contributed by atoms with Crippen molar-refractivity contribution < 1.29 is 9.53 Å². The number of carbonyl (C=O) groups is 1. The Labute approximate surface area is 133 Å². The van der Waals surface area contributed by atoms with Crippen LogP contribution in [0.4, 0.5) is 0 Å². The number of halogens is 1. The van der Waals surface area contributed by atoms with Crippen LogP contribution in [0, 0.1) is 0 Å². The van der Waals surface area contributed by atoms with E-state index in [1.54, 1.807) is 6.92 Å². The predicted octanol–water partition coefficient (Wildman–Crippen LogP) is 4.09. The van der Waals surface area contributed by atoms with Gasteiger partial charge in [0.1, 0.15) is 5.75 Å². The number of ether oxygens (including phenoxy) is 1. The molecule has 0 saturated heterocycles. The number of carbonyl (C=O) groups excluding carboxylic acids is 1. The number of benzene rings is 2. The monoisotopic (exact) mass is 347 g/mol. The van der Waals surface area contributed by atoms with Gasteiger partial charge in [0.25, 0.3) is 5.91 Å². The van der Waals surface area contributed by atoms with E-state index in [4.69, 9.17) is 4.74 Å². The van der Waals surface area contributed by atoms with Crippen LogP contribution in [-0.2, 0) is 4.79 Å². The second-order valence-electron chi connectivity index (χ2n) is 4.85. The van der Waals surface area contributed by atoms with Crippen molar-refractivity contribution in [3.05, 3.63) is 64.6 Å². The lowest BCUT2D eigenvalue weighted by Crippen LogP contribution is -2.37. The number of amides is 1. The molecule has 0 aliphatic rings. The van der Waals surface area contributed by atoms with E-state index >= 15 is 0 Å². The Balaban J connectivity index is 1.92. The Kier molecular flexibility index (Phi) is 5.39. The smallest absolute Gasteiger partial charge is 0.261 e. The third-order valence-corrected chi connectivity index (χ3v) is 3.68. The summed E-state index contributed by atoms with van der Waals surface area (Å²) in [5, 5.41) is 2.95. The Morgan fingerprint density at radius 1 is 1.05 bits per heavy atom. The summed E-state index contributed by atoms with van der Waals surface area (Å²) in [6.07, 6.45) is -0.544. The molecule has 0 spiro atoms. The van der Waals surface area contributed by atoms with Gasteiger partial charge in [-0.05, 0) is 43.7 Å². The van der Waals surface area contributed by atoms with E-state index in [1.165, 1.54) is 0 Å². The summed E-state index contributed by atoms with van der Waals surface area (Å²) in [6, 6.07) is 17.2. The molecule has 2 rings (SSSR count). The molecule has 4 heteroatoms. The summed E-state index contributed by atoms with van der Waals surface area (Å²) in [4.78, 5) is 12.2. The molecule has 2 aromatic carbocycles. The van der Waals surface area contributed by atoms with E-state index in [2.05, 4.69) is 21.2 Å². The van der Waals surface area contributed by atoms with Crippen molar-refractivity contribution in [3.8, 4) is 5.75 Å². The zero-order valence-electron chi connectivity index (χ0n) is 12.0. The van der Waals surface area contributed by atoms with Crippen molar-refractivity contribution in [3.63, 3.8) is 0 Å². The minimum absolute atomic E-state index is 0.0466. The molecular formula is C17H18BrNO2. The normalized spacial score (nSPS) is 13.3. The minimum Gasteiger partial charge on any atom is -0.481 e. The summed E-state index contributed by atoms with van der Waals surface area (Å²) in [5.74, 6) is 0.544. The Hall–Kier alpha value is -1.81. The first-order valence-electron chi connectivity index (χ1n) is 6.84. The largest absolute Gasteiger partial charge is 0.481 e. The van der Waals surface area contributed by atoms with Crippen LogP contribution >= 0.6 is 15.9 Å². The number of hydrogen-bond acceptors (Lipinski definition) is 2. The summed E-state index contributed by atoms with van der Waals surface area (Å²) in [6.45, 7) is 3.70. The second-order valence-corrected chi connectivity index (χ2v) is 5.77. The average Bonchev–Trinajstić information content (AvgIpc) is 2.50. The molecule has 0 fully saturated rings. The highest BCUT2D eigenvalue weighted by Crippen LogP contribution is 2.18. The molecule has 2 aromatic rings. The quantitative estimate of drug-likeness (QED) is 0.884. The molecule has 0 saturated carbocycles. The highest BCUT2D eigenvalue weighted by molar-refractivity contribution is 9.10. The van der Waals surface area contributed by atoms with Crippen LogP contribution in [0.2, 0.25) is 0 Å². The second kappa shape index (κ2) is 7.27. The molecule has 110 valence electrons. The van der Waals surface area contributed by atoms with Crippen molar-refractivity contribution in [1.82, 2.24) is 5.32 Å². The lowest BCUT2D eigenvalue weighted by molar-refractivity contribution is -0.127. The van der Waals surface area contributed by atoms with E-state index in [-0.39, 0.29) is 11.9 Å². The maximum absolute atomic E-state index is 12.2. The molecule has 2 atom stereocenters. The molecule has 21 heavy (non-hydrogen) atoms. The van der Waals surface area contributed by atoms with Crippen molar-refractivity contribution in [2.24, 2.45) is 0 Å². The lowest BCUT2D eigenvalue weighted by Gasteiger charge is -2.19. The molecule has 1 amide bonds. The first kappa shape index (κ1) is 15.6. The lowest BCUT2D eigenvalue weighted by atomic mass is 10.1.